The summed E-state index contributed by atoms with van der Waals surface area (Å²) in [4.78, 5) is 16.3. The molecule has 0 saturated heterocycles. The van der Waals surface area contributed by atoms with E-state index in [1.807, 2.05) is 31.2 Å². The number of aromatic nitrogens is 1. The molecule has 4 nitrogen and oxygen atoms in total. The Morgan fingerprint density at radius 3 is 2.80 bits per heavy atom. The molecule has 0 fully saturated rings. The van der Waals surface area contributed by atoms with Crippen LogP contribution >= 0.6 is 0 Å². The van der Waals surface area contributed by atoms with Crippen molar-refractivity contribution >= 4 is 11.6 Å². The molecule has 1 aromatic carbocycles. The average molecular weight is 265 g/mol. The first-order valence-electron chi connectivity index (χ1n) is 6.23. The van der Waals surface area contributed by atoms with E-state index in [-0.39, 0.29) is 12.5 Å². The Hall–Kier alpha value is -2.64. The first kappa shape index (κ1) is 13.8. The van der Waals surface area contributed by atoms with Crippen LogP contribution in [0.4, 0.5) is 5.69 Å². The molecule has 0 atom stereocenters. The van der Waals surface area contributed by atoms with Gasteiger partial charge in [-0.3, -0.25) is 4.79 Å². The van der Waals surface area contributed by atoms with Crippen LogP contribution in [0.2, 0.25) is 0 Å². The number of para-hydroxylation sites is 1. The molecule has 0 spiro atoms. The molecule has 100 valence electrons. The summed E-state index contributed by atoms with van der Waals surface area (Å²) in [5.74, 6) is 5.45. The lowest BCUT2D eigenvalue weighted by atomic mass is 10.1. The van der Waals surface area contributed by atoms with Crippen LogP contribution in [0.1, 0.15) is 21.7 Å². The molecule has 2 aromatic rings. The number of carbonyl (C=O) groups excluding carboxylic acids is 1. The molecule has 1 aromatic heterocycles. The highest BCUT2D eigenvalue weighted by Crippen LogP contribution is 2.14. The molecule has 2 rings (SSSR count). The SMILES string of the molecule is Cc1cccc(C(=O)Nc2ccccc2C#CCN)n1. The van der Waals surface area contributed by atoms with E-state index in [2.05, 4.69) is 22.1 Å². The predicted octanol–water partition coefficient (Wildman–Crippen LogP) is 1.95. The first-order chi connectivity index (χ1) is 9.70. The van der Waals surface area contributed by atoms with Gasteiger partial charge < -0.3 is 11.1 Å². The monoisotopic (exact) mass is 265 g/mol. The van der Waals surface area contributed by atoms with Crippen molar-refractivity contribution in [2.45, 2.75) is 6.92 Å². The topological polar surface area (TPSA) is 68.0 Å². The van der Waals surface area contributed by atoms with Crippen molar-refractivity contribution in [3.05, 3.63) is 59.4 Å². The van der Waals surface area contributed by atoms with Gasteiger partial charge in [0.15, 0.2) is 0 Å². The summed E-state index contributed by atoms with van der Waals surface area (Å²) in [7, 11) is 0. The number of hydrogen-bond donors (Lipinski definition) is 2. The Morgan fingerprint density at radius 1 is 1.25 bits per heavy atom. The third-order valence-electron chi connectivity index (χ3n) is 2.62. The van der Waals surface area contributed by atoms with Crippen LogP contribution in [0.5, 0.6) is 0 Å². The lowest BCUT2D eigenvalue weighted by Gasteiger charge is -2.07. The molecule has 0 radical (unpaired) electrons. The number of rotatable bonds is 2. The lowest BCUT2D eigenvalue weighted by Crippen LogP contribution is -2.14. The third-order valence-corrected chi connectivity index (χ3v) is 2.62. The minimum Gasteiger partial charge on any atom is -0.320 e. The van der Waals surface area contributed by atoms with E-state index in [0.717, 1.165) is 11.3 Å². The Labute approximate surface area is 118 Å². The molecule has 1 heterocycles. The molecule has 3 N–H and O–H groups in total. The number of aryl methyl sites for hydroxylation is 1. The Balaban J connectivity index is 2.24. The largest absolute Gasteiger partial charge is 0.320 e. The van der Waals surface area contributed by atoms with Crippen molar-refractivity contribution in [1.82, 2.24) is 4.98 Å². The molecule has 0 aliphatic heterocycles. The van der Waals surface area contributed by atoms with Gasteiger partial charge in [-0.25, -0.2) is 4.98 Å². The zero-order valence-electron chi connectivity index (χ0n) is 11.2. The second kappa shape index (κ2) is 6.50. The third kappa shape index (κ3) is 3.44. The number of benzene rings is 1. The van der Waals surface area contributed by atoms with Gasteiger partial charge in [-0.05, 0) is 31.2 Å². The number of amides is 1. The predicted molar refractivity (Wildman–Crippen MR) is 79.3 cm³/mol. The molecular formula is C16H15N3O. The Morgan fingerprint density at radius 2 is 2.05 bits per heavy atom. The minimum absolute atomic E-state index is 0.254. The van der Waals surface area contributed by atoms with Gasteiger partial charge in [0.05, 0.1) is 12.2 Å². The quantitative estimate of drug-likeness (QED) is 0.815. The van der Waals surface area contributed by atoms with Gasteiger partial charge in [-0.2, -0.15) is 0 Å². The highest BCUT2D eigenvalue weighted by atomic mass is 16.1. The van der Waals surface area contributed by atoms with E-state index in [1.165, 1.54) is 0 Å². The molecule has 0 aliphatic rings. The van der Waals surface area contributed by atoms with Gasteiger partial charge in [-0.15, -0.1) is 0 Å². The van der Waals surface area contributed by atoms with Crippen LogP contribution in [0.15, 0.2) is 42.5 Å². The van der Waals surface area contributed by atoms with E-state index < -0.39 is 0 Å². The molecule has 1 amide bonds. The Bertz CT molecular complexity index is 683. The number of pyridine rings is 1. The summed E-state index contributed by atoms with van der Waals surface area (Å²) in [5.41, 5.74) is 7.93. The number of anilines is 1. The summed E-state index contributed by atoms with van der Waals surface area (Å²) in [5, 5.41) is 2.82. The lowest BCUT2D eigenvalue weighted by molar-refractivity contribution is 0.102. The first-order valence-corrected chi connectivity index (χ1v) is 6.23. The van der Waals surface area contributed by atoms with Gasteiger partial charge in [0.25, 0.3) is 5.91 Å². The van der Waals surface area contributed by atoms with E-state index in [9.17, 15) is 4.79 Å². The normalized spacial score (nSPS) is 9.50. The summed E-state index contributed by atoms with van der Waals surface area (Å²) in [6, 6.07) is 12.7. The molecule has 20 heavy (non-hydrogen) atoms. The summed E-state index contributed by atoms with van der Waals surface area (Å²) >= 11 is 0. The van der Waals surface area contributed by atoms with Crippen LogP contribution in [-0.4, -0.2) is 17.4 Å². The van der Waals surface area contributed by atoms with Crippen molar-refractivity contribution in [1.29, 1.82) is 0 Å². The van der Waals surface area contributed by atoms with E-state index in [0.29, 0.717) is 11.4 Å². The number of nitrogens with one attached hydrogen (secondary N) is 1. The second-order valence-electron chi connectivity index (χ2n) is 4.17. The van der Waals surface area contributed by atoms with E-state index in [1.54, 1.807) is 18.2 Å². The van der Waals surface area contributed by atoms with Gasteiger partial charge >= 0.3 is 0 Å². The van der Waals surface area contributed by atoms with Crippen molar-refractivity contribution in [3.63, 3.8) is 0 Å². The zero-order chi connectivity index (χ0) is 14.4. The van der Waals surface area contributed by atoms with Crippen molar-refractivity contribution in [3.8, 4) is 11.8 Å². The molecule has 0 saturated carbocycles. The van der Waals surface area contributed by atoms with Crippen molar-refractivity contribution in [2.75, 3.05) is 11.9 Å². The highest BCUT2D eigenvalue weighted by molar-refractivity contribution is 6.03. The number of nitrogens with zero attached hydrogens (tertiary/aromatic N) is 1. The standard InChI is InChI=1S/C16H15N3O/c1-12-6-4-10-15(18-12)16(20)19-14-9-3-2-7-13(14)8-5-11-17/h2-4,6-7,9-10H,11,17H2,1H3,(H,19,20). The highest BCUT2D eigenvalue weighted by Gasteiger charge is 2.09. The Kier molecular flexibility index (Phi) is 4.48. The van der Waals surface area contributed by atoms with Gasteiger partial charge in [-0.1, -0.05) is 30.0 Å². The van der Waals surface area contributed by atoms with Crippen molar-refractivity contribution in [2.24, 2.45) is 5.73 Å². The van der Waals surface area contributed by atoms with Crippen LogP contribution in [0.3, 0.4) is 0 Å². The number of carbonyl (C=O) groups is 1. The van der Waals surface area contributed by atoms with Crippen LogP contribution in [0.25, 0.3) is 0 Å². The van der Waals surface area contributed by atoms with E-state index >= 15 is 0 Å². The maximum Gasteiger partial charge on any atom is 0.274 e. The fraction of sp³-hybridized carbons (Fsp3) is 0.125. The summed E-state index contributed by atoms with van der Waals surface area (Å²) in [6.45, 7) is 2.12. The molecule has 0 bridgehead atoms. The number of nitrogens with two attached hydrogens (primary N) is 1. The van der Waals surface area contributed by atoms with Crippen LogP contribution < -0.4 is 11.1 Å². The molecular weight excluding hydrogens is 250 g/mol. The van der Waals surface area contributed by atoms with E-state index in [4.69, 9.17) is 5.73 Å². The van der Waals surface area contributed by atoms with Gasteiger partial charge in [0.2, 0.25) is 0 Å². The second-order valence-corrected chi connectivity index (χ2v) is 4.17. The van der Waals surface area contributed by atoms with Crippen molar-refractivity contribution < 1.29 is 4.79 Å². The number of hydrogen-bond acceptors (Lipinski definition) is 3. The molecule has 0 aliphatic carbocycles. The smallest absolute Gasteiger partial charge is 0.274 e. The van der Waals surface area contributed by atoms with Gasteiger partial charge in [0.1, 0.15) is 5.69 Å². The summed E-state index contributed by atoms with van der Waals surface area (Å²) < 4.78 is 0. The molecule has 4 heteroatoms. The fourth-order valence-electron chi connectivity index (χ4n) is 1.70. The average Bonchev–Trinajstić information content (AvgIpc) is 2.46. The summed E-state index contributed by atoms with van der Waals surface area (Å²) in [6.07, 6.45) is 0. The molecule has 0 unspecified atom stereocenters. The van der Waals surface area contributed by atoms with Gasteiger partial charge in [0, 0.05) is 11.3 Å². The zero-order valence-corrected chi connectivity index (χ0v) is 11.2. The van der Waals surface area contributed by atoms with Crippen LogP contribution in [-0.2, 0) is 0 Å². The minimum atomic E-state index is -0.254. The van der Waals surface area contributed by atoms with Crippen LogP contribution in [0, 0.1) is 18.8 Å². The fourth-order valence-corrected chi connectivity index (χ4v) is 1.70. The maximum absolute atomic E-state index is 12.1. The maximum atomic E-state index is 12.1.